The minimum Gasteiger partial charge on any atom is -0.465 e. The molecule has 0 aliphatic carbocycles. The van der Waals surface area contributed by atoms with Crippen LogP contribution in [0.4, 0.5) is 0 Å². The Hall–Kier alpha value is -0.570. The van der Waals surface area contributed by atoms with Gasteiger partial charge in [-0.25, -0.2) is 0 Å². The van der Waals surface area contributed by atoms with Crippen LogP contribution in [0.1, 0.15) is 39.5 Å². The zero-order valence-corrected chi connectivity index (χ0v) is 9.29. The van der Waals surface area contributed by atoms with Crippen LogP contribution in [0, 0.1) is 0 Å². The van der Waals surface area contributed by atoms with Gasteiger partial charge >= 0.3 is 5.97 Å². The lowest BCUT2D eigenvalue weighted by atomic mass is 10.0. The summed E-state index contributed by atoms with van der Waals surface area (Å²) in [5.41, 5.74) is 0. The van der Waals surface area contributed by atoms with Gasteiger partial charge in [-0.15, -0.1) is 0 Å². The fourth-order valence-corrected chi connectivity index (χ4v) is 1.94. The van der Waals surface area contributed by atoms with Gasteiger partial charge in [0.25, 0.3) is 0 Å². The maximum atomic E-state index is 11.7. The zero-order valence-electron chi connectivity index (χ0n) is 9.29. The first kappa shape index (κ1) is 11.5. The molecule has 0 aromatic heterocycles. The Morgan fingerprint density at radius 1 is 1.43 bits per heavy atom. The number of hydrogen-bond donors (Lipinski definition) is 0. The van der Waals surface area contributed by atoms with E-state index < -0.39 is 0 Å². The number of likely N-dealkylation sites (tertiary alicyclic amines) is 1. The Bertz CT molecular complexity index is 182. The number of carbonyl (C=O) groups excluding carboxylic acids is 1. The molecule has 0 bridgehead atoms. The highest BCUT2D eigenvalue weighted by Crippen LogP contribution is 2.17. The Kier molecular flexibility index (Phi) is 4.94. The Morgan fingerprint density at radius 2 is 2.21 bits per heavy atom. The normalized spacial score (nSPS) is 23.4. The van der Waals surface area contributed by atoms with Crippen molar-refractivity contribution in [1.82, 2.24) is 4.90 Å². The lowest BCUT2D eigenvalue weighted by molar-refractivity contribution is -0.151. The molecule has 0 amide bonds. The summed E-state index contributed by atoms with van der Waals surface area (Å²) in [5.74, 6) is -0.0200. The third-order valence-corrected chi connectivity index (χ3v) is 2.74. The van der Waals surface area contributed by atoms with Crippen LogP contribution in [0.25, 0.3) is 0 Å². The van der Waals surface area contributed by atoms with Gasteiger partial charge in [-0.05, 0) is 32.4 Å². The number of likely N-dealkylation sites (N-methyl/N-ethyl adjacent to an activating group) is 1. The number of carbonyl (C=O) groups is 1. The molecule has 1 aliphatic rings. The average molecular weight is 199 g/mol. The lowest BCUT2D eigenvalue weighted by Crippen LogP contribution is -2.45. The summed E-state index contributed by atoms with van der Waals surface area (Å²) in [7, 11) is 0. The van der Waals surface area contributed by atoms with Gasteiger partial charge < -0.3 is 4.74 Å². The molecule has 0 aromatic carbocycles. The molecule has 82 valence electrons. The molecule has 0 saturated carbocycles. The van der Waals surface area contributed by atoms with Crippen LogP contribution in [-0.2, 0) is 9.53 Å². The van der Waals surface area contributed by atoms with E-state index in [2.05, 4.69) is 11.8 Å². The van der Waals surface area contributed by atoms with Gasteiger partial charge in [-0.3, -0.25) is 9.69 Å². The van der Waals surface area contributed by atoms with Crippen LogP contribution >= 0.6 is 0 Å². The average Bonchev–Trinajstić information content (AvgIpc) is 2.25. The van der Waals surface area contributed by atoms with Crippen molar-refractivity contribution in [3.8, 4) is 0 Å². The minimum atomic E-state index is -0.0200. The first-order chi connectivity index (χ1) is 6.79. The molecule has 0 N–H and O–H groups in total. The second-order valence-corrected chi connectivity index (χ2v) is 3.81. The highest BCUT2D eigenvalue weighted by molar-refractivity contribution is 5.75. The van der Waals surface area contributed by atoms with E-state index >= 15 is 0 Å². The molecule has 1 saturated heterocycles. The van der Waals surface area contributed by atoms with Gasteiger partial charge in [-0.1, -0.05) is 20.3 Å². The van der Waals surface area contributed by atoms with Crippen molar-refractivity contribution < 1.29 is 9.53 Å². The van der Waals surface area contributed by atoms with E-state index in [1.54, 1.807) is 0 Å². The first-order valence-electron chi connectivity index (χ1n) is 5.70. The van der Waals surface area contributed by atoms with Crippen molar-refractivity contribution in [3.63, 3.8) is 0 Å². The molecule has 0 aromatic rings. The minimum absolute atomic E-state index is 0.0200. The van der Waals surface area contributed by atoms with Gasteiger partial charge in [0.15, 0.2) is 0 Å². The summed E-state index contributed by atoms with van der Waals surface area (Å²) in [4.78, 5) is 13.9. The summed E-state index contributed by atoms with van der Waals surface area (Å²) in [6.07, 6.45) is 4.24. The molecule has 0 radical (unpaired) electrons. The van der Waals surface area contributed by atoms with Crippen molar-refractivity contribution in [2.24, 2.45) is 0 Å². The van der Waals surface area contributed by atoms with E-state index in [9.17, 15) is 4.79 Å². The van der Waals surface area contributed by atoms with Crippen molar-refractivity contribution in [1.29, 1.82) is 0 Å². The molecule has 3 nitrogen and oxygen atoms in total. The van der Waals surface area contributed by atoms with E-state index in [1.807, 2.05) is 6.92 Å². The van der Waals surface area contributed by atoms with Crippen LogP contribution in [0.3, 0.4) is 0 Å². The molecule has 14 heavy (non-hydrogen) atoms. The third-order valence-electron chi connectivity index (χ3n) is 2.74. The zero-order chi connectivity index (χ0) is 10.4. The fourth-order valence-electron chi connectivity index (χ4n) is 1.94. The van der Waals surface area contributed by atoms with Crippen LogP contribution in [0.15, 0.2) is 0 Å². The largest absolute Gasteiger partial charge is 0.465 e. The number of hydrogen-bond acceptors (Lipinski definition) is 3. The summed E-state index contributed by atoms with van der Waals surface area (Å²) >= 11 is 0. The topological polar surface area (TPSA) is 29.5 Å². The van der Waals surface area contributed by atoms with E-state index in [4.69, 9.17) is 4.74 Å². The van der Waals surface area contributed by atoms with Crippen molar-refractivity contribution >= 4 is 5.97 Å². The molecule has 3 heteroatoms. The van der Waals surface area contributed by atoms with Crippen molar-refractivity contribution in [2.75, 3.05) is 19.7 Å². The molecular formula is C11H21NO2. The molecule has 1 fully saturated rings. The van der Waals surface area contributed by atoms with Crippen molar-refractivity contribution in [3.05, 3.63) is 0 Å². The summed E-state index contributed by atoms with van der Waals surface area (Å²) in [6.45, 7) is 6.68. The summed E-state index contributed by atoms with van der Waals surface area (Å²) in [6, 6.07) is 0.0281. The smallest absolute Gasteiger partial charge is 0.323 e. The summed E-state index contributed by atoms with van der Waals surface area (Å²) < 4.78 is 5.18. The number of esters is 1. The maximum absolute atomic E-state index is 11.7. The second-order valence-electron chi connectivity index (χ2n) is 3.81. The van der Waals surface area contributed by atoms with Gasteiger partial charge in [0, 0.05) is 0 Å². The first-order valence-corrected chi connectivity index (χ1v) is 5.70. The third kappa shape index (κ3) is 2.98. The quantitative estimate of drug-likeness (QED) is 0.647. The Labute approximate surface area is 86.4 Å². The van der Waals surface area contributed by atoms with Crippen LogP contribution in [0.5, 0.6) is 0 Å². The van der Waals surface area contributed by atoms with E-state index in [1.165, 1.54) is 6.42 Å². The summed E-state index contributed by atoms with van der Waals surface area (Å²) in [5, 5.41) is 0. The van der Waals surface area contributed by atoms with Crippen molar-refractivity contribution in [2.45, 2.75) is 45.6 Å². The number of ether oxygens (including phenoxy) is 1. The molecule has 0 unspecified atom stereocenters. The monoisotopic (exact) mass is 199 g/mol. The van der Waals surface area contributed by atoms with Gasteiger partial charge in [-0.2, -0.15) is 0 Å². The fraction of sp³-hybridized carbons (Fsp3) is 0.909. The number of piperidine rings is 1. The predicted molar refractivity (Wildman–Crippen MR) is 56.1 cm³/mol. The Morgan fingerprint density at radius 3 is 2.86 bits per heavy atom. The number of rotatable bonds is 4. The van der Waals surface area contributed by atoms with Gasteiger partial charge in [0.2, 0.25) is 0 Å². The molecule has 1 rings (SSSR count). The molecule has 1 aliphatic heterocycles. The maximum Gasteiger partial charge on any atom is 0.323 e. The molecular weight excluding hydrogens is 178 g/mol. The molecule has 0 spiro atoms. The predicted octanol–water partition coefficient (Wildman–Crippen LogP) is 1.81. The number of nitrogens with zero attached hydrogens (tertiary/aromatic N) is 1. The lowest BCUT2D eigenvalue weighted by Gasteiger charge is -2.32. The van der Waals surface area contributed by atoms with Gasteiger partial charge in [0.05, 0.1) is 6.61 Å². The van der Waals surface area contributed by atoms with E-state index in [0.717, 1.165) is 32.4 Å². The van der Waals surface area contributed by atoms with Crippen LogP contribution in [-0.4, -0.2) is 36.6 Å². The highest BCUT2D eigenvalue weighted by Gasteiger charge is 2.28. The molecule has 1 atom stereocenters. The van der Waals surface area contributed by atoms with E-state index in [-0.39, 0.29) is 12.0 Å². The Balaban J connectivity index is 2.41. The second kappa shape index (κ2) is 6.02. The highest BCUT2D eigenvalue weighted by atomic mass is 16.5. The van der Waals surface area contributed by atoms with Gasteiger partial charge in [0.1, 0.15) is 6.04 Å². The van der Waals surface area contributed by atoms with Crippen LogP contribution < -0.4 is 0 Å². The molecule has 1 heterocycles. The standard InChI is InChI=1S/C11H21NO2/c1-3-9-14-11(13)10-7-5-6-8-12(10)4-2/h10H,3-9H2,1-2H3/t10-/m0/s1. The van der Waals surface area contributed by atoms with Crippen LogP contribution in [0.2, 0.25) is 0 Å². The van der Waals surface area contributed by atoms with E-state index in [0.29, 0.717) is 6.61 Å². The SMILES string of the molecule is CCCOC(=O)[C@@H]1CCCCN1CC.